The first-order chi connectivity index (χ1) is 5.88. The van der Waals surface area contributed by atoms with Gasteiger partial charge in [-0.2, -0.15) is 0 Å². The van der Waals surface area contributed by atoms with Crippen LogP contribution in [0.25, 0.3) is 0 Å². The van der Waals surface area contributed by atoms with Gasteiger partial charge in [-0.25, -0.2) is 0 Å². The van der Waals surface area contributed by atoms with E-state index < -0.39 is 0 Å². The highest BCUT2D eigenvalue weighted by atomic mass is 15.2. The molecule has 2 atom stereocenters. The van der Waals surface area contributed by atoms with Crippen molar-refractivity contribution in [2.75, 3.05) is 45.8 Å². The first kappa shape index (κ1) is 8.48. The second-order valence-electron chi connectivity index (χ2n) is 4.04. The molecule has 0 aliphatic carbocycles. The number of fused-ring (bicyclic) bond motifs is 2. The number of nitrogens with zero attached hydrogens (tertiary/aromatic N) is 2. The Morgan fingerprint density at radius 1 is 1.17 bits per heavy atom. The lowest BCUT2D eigenvalue weighted by molar-refractivity contribution is 0.240. The van der Waals surface area contributed by atoms with Crippen LogP contribution >= 0.6 is 0 Å². The quantitative estimate of drug-likeness (QED) is 0.609. The Morgan fingerprint density at radius 2 is 2.08 bits per heavy atom. The molecule has 12 heavy (non-hydrogen) atoms. The van der Waals surface area contributed by atoms with Gasteiger partial charge in [0, 0.05) is 39.3 Å². The highest BCUT2D eigenvalue weighted by Crippen LogP contribution is 2.19. The lowest BCUT2D eigenvalue weighted by Gasteiger charge is -2.23. The van der Waals surface area contributed by atoms with Crippen molar-refractivity contribution in [1.29, 1.82) is 0 Å². The molecule has 2 rings (SSSR count). The molecule has 0 saturated carbocycles. The molecule has 0 aromatic rings. The van der Waals surface area contributed by atoms with Gasteiger partial charge < -0.3 is 15.5 Å². The molecule has 3 heteroatoms. The van der Waals surface area contributed by atoms with Crippen LogP contribution in [0.5, 0.6) is 0 Å². The van der Waals surface area contributed by atoms with Gasteiger partial charge in [-0.3, -0.25) is 0 Å². The molecular formula is C9H19N3. The summed E-state index contributed by atoms with van der Waals surface area (Å²) < 4.78 is 0. The zero-order valence-electron chi connectivity index (χ0n) is 7.71. The van der Waals surface area contributed by atoms with E-state index in [0.717, 1.165) is 19.0 Å². The van der Waals surface area contributed by atoms with Crippen molar-refractivity contribution in [3.8, 4) is 0 Å². The molecule has 2 fully saturated rings. The molecule has 2 bridgehead atoms. The van der Waals surface area contributed by atoms with Crippen LogP contribution in [0.3, 0.4) is 0 Å². The van der Waals surface area contributed by atoms with E-state index >= 15 is 0 Å². The molecule has 70 valence electrons. The summed E-state index contributed by atoms with van der Waals surface area (Å²) in [6, 6.07) is 0. The average molecular weight is 169 g/mol. The smallest absolute Gasteiger partial charge is 0.0110 e. The van der Waals surface area contributed by atoms with Crippen molar-refractivity contribution in [1.82, 2.24) is 9.80 Å². The van der Waals surface area contributed by atoms with Crippen LogP contribution in [0.1, 0.15) is 6.42 Å². The zero-order valence-corrected chi connectivity index (χ0v) is 7.71. The highest BCUT2D eigenvalue weighted by Gasteiger charge is 2.27. The summed E-state index contributed by atoms with van der Waals surface area (Å²) in [6.07, 6.45) is 1.40. The first-order valence-electron chi connectivity index (χ1n) is 5.03. The van der Waals surface area contributed by atoms with Gasteiger partial charge in [0.2, 0.25) is 0 Å². The van der Waals surface area contributed by atoms with E-state index in [4.69, 9.17) is 5.73 Å². The minimum atomic E-state index is 0.812. The van der Waals surface area contributed by atoms with Crippen LogP contribution in [0.4, 0.5) is 0 Å². The average Bonchev–Trinajstić information content (AvgIpc) is 2.37. The Balaban J connectivity index is 1.87. The molecule has 2 aliphatic rings. The normalized spacial score (nSPS) is 36.8. The predicted octanol–water partition coefficient (Wildman–Crippen LogP) is -0.417. The summed E-state index contributed by atoms with van der Waals surface area (Å²) in [5.41, 5.74) is 5.55. The minimum Gasteiger partial charge on any atom is -0.329 e. The lowest BCUT2D eigenvalue weighted by Crippen LogP contribution is -2.36. The topological polar surface area (TPSA) is 32.5 Å². The summed E-state index contributed by atoms with van der Waals surface area (Å²) in [5.74, 6) is 0.930. The molecule has 2 aliphatic heterocycles. The molecule has 0 aromatic carbocycles. The summed E-state index contributed by atoms with van der Waals surface area (Å²) in [7, 11) is 0. The Bertz CT molecular complexity index is 149. The molecule has 2 N–H and O–H groups in total. The van der Waals surface area contributed by atoms with Crippen LogP contribution in [0.15, 0.2) is 0 Å². The fourth-order valence-electron chi connectivity index (χ4n) is 2.39. The van der Waals surface area contributed by atoms with Crippen LogP contribution in [-0.4, -0.2) is 55.6 Å². The van der Waals surface area contributed by atoms with Crippen LogP contribution in [-0.2, 0) is 0 Å². The molecule has 0 radical (unpaired) electrons. The summed E-state index contributed by atoms with van der Waals surface area (Å²) in [4.78, 5) is 5.10. The number of hydrogen-bond acceptors (Lipinski definition) is 3. The fraction of sp³-hybridized carbons (Fsp3) is 1.00. The SMILES string of the molecule is NCCN1CCN2CCC(C1)C2. The molecule has 0 amide bonds. The standard InChI is InChI=1S/C9H19N3/c10-2-4-12-6-5-11-3-1-9(7-11)8-12/h9H,1-8,10H2. The highest BCUT2D eigenvalue weighted by molar-refractivity contribution is 4.82. The van der Waals surface area contributed by atoms with Crippen LogP contribution in [0.2, 0.25) is 0 Å². The van der Waals surface area contributed by atoms with E-state index in [0.29, 0.717) is 0 Å². The van der Waals surface area contributed by atoms with Gasteiger partial charge >= 0.3 is 0 Å². The second kappa shape index (κ2) is 3.73. The Hall–Kier alpha value is -0.120. The van der Waals surface area contributed by atoms with E-state index in [-0.39, 0.29) is 0 Å². The lowest BCUT2D eigenvalue weighted by atomic mass is 10.1. The summed E-state index contributed by atoms with van der Waals surface area (Å²) >= 11 is 0. The Kier molecular flexibility index (Phi) is 2.63. The van der Waals surface area contributed by atoms with Crippen molar-refractivity contribution < 1.29 is 0 Å². The van der Waals surface area contributed by atoms with Crippen molar-refractivity contribution >= 4 is 0 Å². The van der Waals surface area contributed by atoms with Gasteiger partial charge in [0.15, 0.2) is 0 Å². The van der Waals surface area contributed by atoms with Crippen molar-refractivity contribution in [2.24, 2.45) is 11.7 Å². The molecule has 2 unspecified atom stereocenters. The van der Waals surface area contributed by atoms with Gasteiger partial charge in [0.1, 0.15) is 0 Å². The monoisotopic (exact) mass is 169 g/mol. The van der Waals surface area contributed by atoms with Gasteiger partial charge in [-0.15, -0.1) is 0 Å². The zero-order chi connectivity index (χ0) is 8.39. The van der Waals surface area contributed by atoms with E-state index in [9.17, 15) is 0 Å². The second-order valence-corrected chi connectivity index (χ2v) is 4.04. The molecule has 3 nitrogen and oxygen atoms in total. The van der Waals surface area contributed by atoms with Crippen LogP contribution < -0.4 is 5.73 Å². The Labute approximate surface area is 74.5 Å². The molecule has 2 heterocycles. The summed E-state index contributed by atoms with van der Waals surface area (Å²) in [6.45, 7) is 8.34. The third kappa shape index (κ3) is 1.79. The number of rotatable bonds is 2. The summed E-state index contributed by atoms with van der Waals surface area (Å²) in [5, 5.41) is 0. The molecule has 0 spiro atoms. The van der Waals surface area contributed by atoms with E-state index in [1.54, 1.807) is 0 Å². The van der Waals surface area contributed by atoms with E-state index in [1.165, 1.54) is 39.1 Å². The van der Waals surface area contributed by atoms with Crippen molar-refractivity contribution in [2.45, 2.75) is 6.42 Å². The predicted molar refractivity (Wildman–Crippen MR) is 50.0 cm³/mol. The van der Waals surface area contributed by atoms with Crippen molar-refractivity contribution in [3.63, 3.8) is 0 Å². The molecule has 2 saturated heterocycles. The number of hydrogen-bond donors (Lipinski definition) is 1. The van der Waals surface area contributed by atoms with Crippen molar-refractivity contribution in [3.05, 3.63) is 0 Å². The number of nitrogens with two attached hydrogens (primary N) is 1. The van der Waals surface area contributed by atoms with Gasteiger partial charge in [-0.05, 0) is 18.9 Å². The third-order valence-electron chi connectivity index (χ3n) is 3.06. The molecular weight excluding hydrogens is 150 g/mol. The molecule has 0 aromatic heterocycles. The minimum absolute atomic E-state index is 0.812. The maximum atomic E-state index is 5.55. The Morgan fingerprint density at radius 3 is 2.92 bits per heavy atom. The third-order valence-corrected chi connectivity index (χ3v) is 3.06. The van der Waals surface area contributed by atoms with E-state index in [2.05, 4.69) is 9.80 Å². The van der Waals surface area contributed by atoms with Gasteiger partial charge in [-0.1, -0.05) is 0 Å². The van der Waals surface area contributed by atoms with E-state index in [1.807, 2.05) is 0 Å². The fourth-order valence-corrected chi connectivity index (χ4v) is 2.39. The largest absolute Gasteiger partial charge is 0.329 e. The van der Waals surface area contributed by atoms with Gasteiger partial charge in [0.25, 0.3) is 0 Å². The maximum Gasteiger partial charge on any atom is 0.0110 e. The van der Waals surface area contributed by atoms with Crippen LogP contribution in [0, 0.1) is 5.92 Å². The first-order valence-corrected chi connectivity index (χ1v) is 5.03. The van der Waals surface area contributed by atoms with Gasteiger partial charge in [0.05, 0.1) is 0 Å². The maximum absolute atomic E-state index is 5.55.